The second kappa shape index (κ2) is 3.22. The van der Waals surface area contributed by atoms with Gasteiger partial charge in [0.25, 0.3) is 0 Å². The monoisotopic (exact) mass is 103 g/mol. The number of rotatable bonds is 1. The summed E-state index contributed by atoms with van der Waals surface area (Å²) >= 11 is 1.04. The molecule has 0 aliphatic carbocycles. The normalized spacial score (nSPS) is 8.33. The molecule has 1 radical (unpaired) electrons. The van der Waals surface area contributed by atoms with Gasteiger partial charge in [0.05, 0.1) is 0 Å². The lowest BCUT2D eigenvalue weighted by Crippen LogP contribution is -1.80. The molecule has 6 heavy (non-hydrogen) atoms. The summed E-state index contributed by atoms with van der Waals surface area (Å²) in [7, 11) is 0. The zero-order chi connectivity index (χ0) is 4.99. The Morgan fingerprint density at radius 1 is 2.00 bits per heavy atom. The van der Waals surface area contributed by atoms with E-state index in [1.165, 1.54) is 0 Å². The van der Waals surface area contributed by atoms with Crippen molar-refractivity contribution in [1.29, 1.82) is 0 Å². The van der Waals surface area contributed by atoms with Crippen LogP contribution < -0.4 is 0 Å². The van der Waals surface area contributed by atoms with E-state index < -0.39 is 0 Å². The number of hydrogen-bond acceptors (Lipinski definition) is 2. The van der Waals surface area contributed by atoms with E-state index in [0.29, 0.717) is 6.42 Å². The third-order valence-corrected chi connectivity index (χ3v) is 1.06. The summed E-state index contributed by atoms with van der Waals surface area (Å²) in [4.78, 5) is 10.1. The van der Waals surface area contributed by atoms with Gasteiger partial charge in [-0.2, -0.15) is 0 Å². The minimum absolute atomic E-state index is 0.148. The van der Waals surface area contributed by atoms with Crippen LogP contribution in [0, 0.1) is 6.26 Å². The molecule has 0 rings (SSSR count). The Morgan fingerprint density at radius 2 is 2.50 bits per heavy atom. The summed E-state index contributed by atoms with van der Waals surface area (Å²) < 4.78 is 0. The Labute approximate surface area is 42.1 Å². The molecule has 0 saturated heterocycles. The Balaban J connectivity index is 2.99. The molecule has 35 valence electrons. The minimum Gasteiger partial charge on any atom is -0.287 e. The second-order valence-corrected chi connectivity index (χ2v) is 1.61. The Hall–Kier alpha value is 0.0200. The first-order chi connectivity index (χ1) is 2.81. The molecule has 0 bridgehead atoms. The van der Waals surface area contributed by atoms with Crippen LogP contribution in [0.2, 0.25) is 0 Å². The van der Waals surface area contributed by atoms with E-state index >= 15 is 0 Å². The van der Waals surface area contributed by atoms with E-state index in [2.05, 4.69) is 6.26 Å². The van der Waals surface area contributed by atoms with Crippen molar-refractivity contribution in [3.05, 3.63) is 6.26 Å². The van der Waals surface area contributed by atoms with Gasteiger partial charge in [-0.1, -0.05) is 18.7 Å². The first-order valence-corrected chi connectivity index (χ1v) is 2.74. The van der Waals surface area contributed by atoms with Crippen LogP contribution >= 0.6 is 11.8 Å². The van der Waals surface area contributed by atoms with Gasteiger partial charge in [0.1, 0.15) is 0 Å². The summed E-state index contributed by atoms with van der Waals surface area (Å²) in [6.45, 7) is 1.82. The highest BCUT2D eigenvalue weighted by Gasteiger charge is 1.87. The van der Waals surface area contributed by atoms with E-state index in [-0.39, 0.29) is 5.12 Å². The lowest BCUT2D eigenvalue weighted by molar-refractivity contribution is -0.110. The maximum atomic E-state index is 10.1. The maximum absolute atomic E-state index is 10.1. The maximum Gasteiger partial charge on any atom is 0.188 e. The SMILES string of the molecule is [CH2]SC(=O)CC. The van der Waals surface area contributed by atoms with Crippen molar-refractivity contribution < 1.29 is 4.79 Å². The van der Waals surface area contributed by atoms with Crippen LogP contribution in [0.5, 0.6) is 0 Å². The highest BCUT2D eigenvalue weighted by molar-refractivity contribution is 8.14. The summed E-state index contributed by atoms with van der Waals surface area (Å²) in [5, 5.41) is 0.148. The van der Waals surface area contributed by atoms with Crippen molar-refractivity contribution in [1.82, 2.24) is 0 Å². The summed E-state index contributed by atoms with van der Waals surface area (Å²) in [6.07, 6.45) is 3.92. The molecule has 0 aliphatic heterocycles. The van der Waals surface area contributed by atoms with Crippen LogP contribution in [0.3, 0.4) is 0 Å². The smallest absolute Gasteiger partial charge is 0.188 e. The van der Waals surface area contributed by atoms with Gasteiger partial charge in [-0.05, 0) is 0 Å². The molecule has 0 spiro atoms. The van der Waals surface area contributed by atoms with Gasteiger partial charge in [-0.25, -0.2) is 0 Å². The number of carbonyl (C=O) groups excluding carboxylic acids is 1. The molecule has 0 aromatic heterocycles. The van der Waals surface area contributed by atoms with E-state index in [0.717, 1.165) is 11.8 Å². The van der Waals surface area contributed by atoms with Crippen molar-refractivity contribution in [3.63, 3.8) is 0 Å². The van der Waals surface area contributed by atoms with Gasteiger partial charge in [0.2, 0.25) is 0 Å². The topological polar surface area (TPSA) is 17.1 Å². The van der Waals surface area contributed by atoms with Gasteiger partial charge in [-0.15, -0.1) is 0 Å². The Kier molecular flexibility index (Phi) is 3.23. The van der Waals surface area contributed by atoms with E-state index in [1.54, 1.807) is 0 Å². The van der Waals surface area contributed by atoms with Crippen molar-refractivity contribution in [2.45, 2.75) is 13.3 Å². The Bertz CT molecular complexity index is 45.5. The third kappa shape index (κ3) is 2.27. The quantitative estimate of drug-likeness (QED) is 0.499. The van der Waals surface area contributed by atoms with Gasteiger partial charge in [0, 0.05) is 12.7 Å². The molecule has 0 unspecified atom stereocenters. The van der Waals surface area contributed by atoms with Crippen molar-refractivity contribution in [2.75, 3.05) is 0 Å². The van der Waals surface area contributed by atoms with Gasteiger partial charge < -0.3 is 0 Å². The van der Waals surface area contributed by atoms with Crippen molar-refractivity contribution in [2.24, 2.45) is 0 Å². The van der Waals surface area contributed by atoms with Gasteiger partial charge in [0.15, 0.2) is 5.12 Å². The first kappa shape index (κ1) is 6.02. The standard InChI is InChI=1S/C4H7OS/c1-3-4(5)6-2/h2-3H2,1H3. The fraction of sp³-hybridized carbons (Fsp3) is 0.500. The molecule has 0 atom stereocenters. The van der Waals surface area contributed by atoms with E-state index in [4.69, 9.17) is 0 Å². The van der Waals surface area contributed by atoms with Crippen LogP contribution in [0.15, 0.2) is 0 Å². The molecule has 0 N–H and O–H groups in total. The lowest BCUT2D eigenvalue weighted by atomic mass is 10.6. The van der Waals surface area contributed by atoms with Crippen molar-refractivity contribution >= 4 is 16.9 Å². The lowest BCUT2D eigenvalue weighted by Gasteiger charge is -1.80. The largest absolute Gasteiger partial charge is 0.287 e. The predicted octanol–water partition coefficient (Wildman–Crippen LogP) is 1.45. The summed E-state index contributed by atoms with van der Waals surface area (Å²) in [5.41, 5.74) is 0. The number of hydrogen-bond donors (Lipinski definition) is 0. The molecular weight excluding hydrogens is 96.1 g/mol. The second-order valence-electron chi connectivity index (χ2n) is 0.870. The highest BCUT2D eigenvalue weighted by atomic mass is 32.2. The molecule has 0 amide bonds. The summed E-state index contributed by atoms with van der Waals surface area (Å²) in [6, 6.07) is 0. The average Bonchev–Trinajstić information content (AvgIpc) is 1.65. The number of carbonyl (C=O) groups is 1. The molecule has 1 nitrogen and oxygen atoms in total. The molecule has 0 fully saturated rings. The Morgan fingerprint density at radius 3 is 2.50 bits per heavy atom. The molecule has 0 heterocycles. The van der Waals surface area contributed by atoms with Crippen LogP contribution in [-0.4, -0.2) is 5.12 Å². The van der Waals surface area contributed by atoms with Gasteiger partial charge >= 0.3 is 0 Å². The molecular formula is C4H7OS. The third-order valence-electron chi connectivity index (χ3n) is 0.450. The zero-order valence-corrected chi connectivity index (χ0v) is 4.55. The van der Waals surface area contributed by atoms with E-state index in [9.17, 15) is 4.79 Å². The van der Waals surface area contributed by atoms with Crippen LogP contribution in [0.4, 0.5) is 0 Å². The number of thioether (sulfide) groups is 1. The fourth-order valence-corrected chi connectivity index (χ4v) is 0.306. The minimum atomic E-state index is 0.148. The summed E-state index contributed by atoms with van der Waals surface area (Å²) in [5.74, 6) is 0. The van der Waals surface area contributed by atoms with Crippen LogP contribution in [0.25, 0.3) is 0 Å². The highest BCUT2D eigenvalue weighted by Crippen LogP contribution is 1.98. The zero-order valence-electron chi connectivity index (χ0n) is 3.73. The fourth-order valence-electron chi connectivity index (χ4n) is 0.102. The molecule has 0 aromatic rings. The average molecular weight is 103 g/mol. The van der Waals surface area contributed by atoms with E-state index in [1.807, 2.05) is 6.92 Å². The molecule has 0 aliphatic rings. The molecule has 0 aromatic carbocycles. The first-order valence-electron chi connectivity index (χ1n) is 1.76. The molecule has 0 saturated carbocycles. The predicted molar refractivity (Wildman–Crippen MR) is 28.2 cm³/mol. The van der Waals surface area contributed by atoms with Crippen LogP contribution in [-0.2, 0) is 4.79 Å². The molecule has 2 heteroatoms. The van der Waals surface area contributed by atoms with Gasteiger partial charge in [-0.3, -0.25) is 4.79 Å². The van der Waals surface area contributed by atoms with Crippen molar-refractivity contribution in [3.8, 4) is 0 Å². The van der Waals surface area contributed by atoms with Crippen LogP contribution in [0.1, 0.15) is 13.3 Å².